The average molecular weight is 160 g/mol. The Bertz CT molecular complexity index is 272. The molecular weight excluding hydrogens is 144 g/mol. The quantitative estimate of drug-likeness (QED) is 0.478. The van der Waals surface area contributed by atoms with Gasteiger partial charge in [-0.1, -0.05) is 30.7 Å². The van der Waals surface area contributed by atoms with E-state index in [2.05, 4.69) is 32.1 Å². The van der Waals surface area contributed by atoms with Crippen LogP contribution in [0.3, 0.4) is 0 Å². The summed E-state index contributed by atoms with van der Waals surface area (Å²) >= 11 is 0. The highest BCUT2D eigenvalue weighted by Crippen LogP contribution is 2.56. The summed E-state index contributed by atoms with van der Waals surface area (Å²) in [4.78, 5) is 0. The minimum absolute atomic E-state index is 0.856. The molecule has 5 unspecified atom stereocenters. The monoisotopic (exact) mass is 160 g/mol. The van der Waals surface area contributed by atoms with Crippen molar-refractivity contribution in [2.24, 2.45) is 29.6 Å². The zero-order valence-electron chi connectivity index (χ0n) is 7.83. The smallest absolute Gasteiger partial charge is 0.0128 e. The molecule has 0 saturated heterocycles. The van der Waals surface area contributed by atoms with Crippen molar-refractivity contribution in [3.05, 3.63) is 23.8 Å². The molecular formula is C12H16. The fourth-order valence-corrected chi connectivity index (χ4v) is 3.60. The molecule has 64 valence electrons. The highest BCUT2D eigenvalue weighted by molar-refractivity contribution is 5.27. The summed E-state index contributed by atoms with van der Waals surface area (Å²) in [6.07, 6.45) is 8.91. The van der Waals surface area contributed by atoms with E-state index in [1.54, 1.807) is 5.57 Å². The minimum Gasteiger partial charge on any atom is -0.0848 e. The van der Waals surface area contributed by atoms with Crippen LogP contribution in [0.4, 0.5) is 0 Å². The standard InChI is InChI=1S/C12H16/c1-7-5-11-9-3-4-10(6-9)12(11)8(7)2/h3-5,8-12H,6H2,1-2H3. The fraction of sp³-hybridized carbons (Fsp3) is 0.667. The van der Waals surface area contributed by atoms with Gasteiger partial charge in [0.25, 0.3) is 0 Å². The number of hydrogen-bond donors (Lipinski definition) is 0. The SMILES string of the molecule is CC1=CC2C3C=CC(C3)C2C1C. The van der Waals surface area contributed by atoms with Gasteiger partial charge >= 0.3 is 0 Å². The minimum atomic E-state index is 0.856. The maximum atomic E-state index is 2.55. The summed E-state index contributed by atoms with van der Waals surface area (Å²) in [5, 5.41) is 0. The lowest BCUT2D eigenvalue weighted by molar-refractivity contribution is 0.320. The van der Waals surface area contributed by atoms with Crippen molar-refractivity contribution in [1.82, 2.24) is 0 Å². The first kappa shape index (κ1) is 6.94. The molecule has 0 aromatic heterocycles. The van der Waals surface area contributed by atoms with Gasteiger partial charge in [0.05, 0.1) is 0 Å². The second-order valence-corrected chi connectivity index (χ2v) is 4.80. The summed E-state index contributed by atoms with van der Waals surface area (Å²) in [6, 6.07) is 0. The molecule has 12 heavy (non-hydrogen) atoms. The van der Waals surface area contributed by atoms with E-state index in [9.17, 15) is 0 Å². The maximum Gasteiger partial charge on any atom is -0.0128 e. The van der Waals surface area contributed by atoms with Gasteiger partial charge in [-0.25, -0.2) is 0 Å². The van der Waals surface area contributed by atoms with E-state index in [0.29, 0.717) is 0 Å². The largest absolute Gasteiger partial charge is 0.0848 e. The second-order valence-electron chi connectivity index (χ2n) is 4.80. The van der Waals surface area contributed by atoms with E-state index >= 15 is 0 Å². The van der Waals surface area contributed by atoms with Crippen LogP contribution in [-0.4, -0.2) is 0 Å². The van der Waals surface area contributed by atoms with Crippen LogP contribution in [0.5, 0.6) is 0 Å². The van der Waals surface area contributed by atoms with Crippen molar-refractivity contribution < 1.29 is 0 Å². The molecule has 3 aliphatic carbocycles. The van der Waals surface area contributed by atoms with E-state index in [1.165, 1.54) is 6.42 Å². The molecule has 0 heteroatoms. The third-order valence-corrected chi connectivity index (χ3v) is 4.33. The van der Waals surface area contributed by atoms with Gasteiger partial charge in [-0.05, 0) is 42.9 Å². The zero-order valence-corrected chi connectivity index (χ0v) is 7.83. The van der Waals surface area contributed by atoms with E-state index in [-0.39, 0.29) is 0 Å². The topological polar surface area (TPSA) is 0 Å². The lowest BCUT2D eigenvalue weighted by atomic mass is 9.80. The molecule has 0 aromatic carbocycles. The van der Waals surface area contributed by atoms with Crippen LogP contribution in [0.15, 0.2) is 23.8 Å². The van der Waals surface area contributed by atoms with Crippen molar-refractivity contribution in [2.75, 3.05) is 0 Å². The van der Waals surface area contributed by atoms with Crippen molar-refractivity contribution in [2.45, 2.75) is 20.3 Å². The Morgan fingerprint density at radius 2 is 2.00 bits per heavy atom. The molecule has 0 aliphatic heterocycles. The summed E-state index contributed by atoms with van der Waals surface area (Å²) in [5.74, 6) is 4.56. The molecule has 0 heterocycles. The van der Waals surface area contributed by atoms with Crippen molar-refractivity contribution in [1.29, 1.82) is 0 Å². The first-order valence-electron chi connectivity index (χ1n) is 5.14. The molecule has 2 bridgehead atoms. The predicted octanol–water partition coefficient (Wildman–Crippen LogP) is 3.02. The highest BCUT2D eigenvalue weighted by Gasteiger charge is 2.48. The summed E-state index contributed by atoms with van der Waals surface area (Å²) < 4.78 is 0. The predicted molar refractivity (Wildman–Crippen MR) is 50.6 cm³/mol. The molecule has 5 atom stereocenters. The normalized spacial score (nSPS) is 54.5. The Kier molecular flexibility index (Phi) is 1.18. The van der Waals surface area contributed by atoms with Crippen molar-refractivity contribution in [3.63, 3.8) is 0 Å². The molecule has 1 fully saturated rings. The lowest BCUT2D eigenvalue weighted by Crippen LogP contribution is -2.19. The fourth-order valence-electron chi connectivity index (χ4n) is 3.60. The lowest BCUT2D eigenvalue weighted by Gasteiger charge is -2.24. The third-order valence-electron chi connectivity index (χ3n) is 4.33. The van der Waals surface area contributed by atoms with Gasteiger partial charge in [0.2, 0.25) is 0 Å². The van der Waals surface area contributed by atoms with Gasteiger partial charge < -0.3 is 0 Å². The van der Waals surface area contributed by atoms with Crippen LogP contribution in [0.25, 0.3) is 0 Å². The van der Waals surface area contributed by atoms with Crippen LogP contribution in [0.1, 0.15) is 20.3 Å². The number of fused-ring (bicyclic) bond motifs is 5. The molecule has 0 amide bonds. The maximum absolute atomic E-state index is 2.55. The Morgan fingerprint density at radius 1 is 1.25 bits per heavy atom. The summed E-state index contributed by atoms with van der Waals surface area (Å²) in [6.45, 7) is 4.72. The first-order valence-corrected chi connectivity index (χ1v) is 5.14. The van der Waals surface area contributed by atoms with Gasteiger partial charge in [0.1, 0.15) is 0 Å². The van der Waals surface area contributed by atoms with E-state index in [0.717, 1.165) is 29.6 Å². The molecule has 0 spiro atoms. The van der Waals surface area contributed by atoms with Gasteiger partial charge in [0.15, 0.2) is 0 Å². The van der Waals surface area contributed by atoms with Gasteiger partial charge in [-0.3, -0.25) is 0 Å². The van der Waals surface area contributed by atoms with Crippen molar-refractivity contribution >= 4 is 0 Å². The third kappa shape index (κ3) is 0.646. The van der Waals surface area contributed by atoms with Gasteiger partial charge in [-0.15, -0.1) is 0 Å². The summed E-state index contributed by atoms with van der Waals surface area (Å²) in [5.41, 5.74) is 1.64. The number of hydrogen-bond acceptors (Lipinski definition) is 0. The van der Waals surface area contributed by atoms with Gasteiger partial charge in [0, 0.05) is 0 Å². The van der Waals surface area contributed by atoms with Crippen LogP contribution < -0.4 is 0 Å². The Balaban J connectivity index is 2.01. The molecule has 3 aliphatic rings. The Hall–Kier alpha value is -0.520. The average Bonchev–Trinajstić information content (AvgIpc) is 2.66. The molecule has 0 nitrogen and oxygen atoms in total. The van der Waals surface area contributed by atoms with Crippen LogP contribution >= 0.6 is 0 Å². The number of rotatable bonds is 0. The van der Waals surface area contributed by atoms with E-state index < -0.39 is 0 Å². The van der Waals surface area contributed by atoms with E-state index in [4.69, 9.17) is 0 Å². The van der Waals surface area contributed by atoms with Crippen molar-refractivity contribution in [3.8, 4) is 0 Å². The zero-order chi connectivity index (χ0) is 8.29. The molecule has 1 saturated carbocycles. The Labute approximate surface area is 74.4 Å². The molecule has 3 rings (SSSR count). The first-order chi connectivity index (χ1) is 5.77. The number of allylic oxidation sites excluding steroid dienone is 4. The second kappa shape index (κ2) is 2.04. The highest BCUT2D eigenvalue weighted by atomic mass is 14.5. The van der Waals surface area contributed by atoms with Crippen LogP contribution in [0, 0.1) is 29.6 Å². The molecule has 0 aromatic rings. The molecule has 0 N–H and O–H groups in total. The van der Waals surface area contributed by atoms with Crippen LogP contribution in [-0.2, 0) is 0 Å². The summed E-state index contributed by atoms with van der Waals surface area (Å²) in [7, 11) is 0. The van der Waals surface area contributed by atoms with Crippen LogP contribution in [0.2, 0.25) is 0 Å². The van der Waals surface area contributed by atoms with E-state index in [1.807, 2.05) is 0 Å². The van der Waals surface area contributed by atoms with Gasteiger partial charge in [-0.2, -0.15) is 0 Å². The molecule has 0 radical (unpaired) electrons. The Morgan fingerprint density at radius 3 is 2.75 bits per heavy atom.